The Labute approximate surface area is 223 Å². The summed E-state index contributed by atoms with van der Waals surface area (Å²) in [6.07, 6.45) is -2.84. The molecule has 0 aliphatic heterocycles. The van der Waals surface area contributed by atoms with Crippen LogP contribution in [0.25, 0.3) is 0 Å². The SMILES string of the molecule is NC(=O)C(C[C@H](NC(OC(=O)Nc1ccc(N(CCCl)CCCl)cc1)c1ccccc1)C(=O)O)C(=O)O. The number of anilines is 2. The maximum Gasteiger partial charge on any atom is 0.413 e. The van der Waals surface area contributed by atoms with Crippen LogP contribution in [0.3, 0.4) is 0 Å². The Balaban J connectivity index is 2.17. The van der Waals surface area contributed by atoms with E-state index in [1.54, 1.807) is 54.6 Å². The van der Waals surface area contributed by atoms with Gasteiger partial charge in [-0.05, 0) is 30.7 Å². The molecule has 3 atom stereocenters. The van der Waals surface area contributed by atoms with E-state index in [0.717, 1.165) is 5.69 Å². The highest BCUT2D eigenvalue weighted by molar-refractivity contribution is 6.18. The summed E-state index contributed by atoms with van der Waals surface area (Å²) in [7, 11) is 0. The van der Waals surface area contributed by atoms with Crippen molar-refractivity contribution >= 4 is 58.5 Å². The van der Waals surface area contributed by atoms with Gasteiger partial charge in [0.1, 0.15) is 12.0 Å². The molecule has 11 nitrogen and oxygen atoms in total. The average molecular weight is 555 g/mol. The predicted octanol–water partition coefficient (Wildman–Crippen LogP) is 2.84. The second kappa shape index (κ2) is 14.9. The van der Waals surface area contributed by atoms with Gasteiger partial charge in [-0.25, -0.2) is 4.79 Å². The molecule has 2 rings (SSSR count). The first-order chi connectivity index (χ1) is 17.7. The number of halogens is 2. The van der Waals surface area contributed by atoms with Gasteiger partial charge in [0.15, 0.2) is 6.23 Å². The Bertz CT molecular complexity index is 1040. The van der Waals surface area contributed by atoms with Crippen LogP contribution in [0.2, 0.25) is 0 Å². The summed E-state index contributed by atoms with van der Waals surface area (Å²) in [6.45, 7) is 1.19. The fraction of sp³-hybridized carbons (Fsp3) is 0.333. The van der Waals surface area contributed by atoms with Crippen LogP contribution < -0.4 is 21.3 Å². The fourth-order valence-corrected chi connectivity index (χ4v) is 3.82. The third kappa shape index (κ3) is 9.45. The molecule has 2 unspecified atom stereocenters. The molecule has 0 saturated heterocycles. The summed E-state index contributed by atoms with van der Waals surface area (Å²) in [5, 5.41) is 24.0. The van der Waals surface area contributed by atoms with Gasteiger partial charge >= 0.3 is 18.0 Å². The molecule has 0 aromatic heterocycles. The number of hydrogen-bond acceptors (Lipinski definition) is 7. The minimum Gasteiger partial charge on any atom is -0.481 e. The maximum atomic E-state index is 12.7. The third-order valence-corrected chi connectivity index (χ3v) is 5.62. The number of carboxylic acid groups (broad SMARTS) is 2. The molecule has 6 N–H and O–H groups in total. The first kappa shape index (κ1) is 29.7. The van der Waals surface area contributed by atoms with E-state index in [1.165, 1.54) is 0 Å². The lowest BCUT2D eigenvalue weighted by atomic mass is 9.99. The lowest BCUT2D eigenvalue weighted by molar-refractivity contribution is -0.148. The predicted molar refractivity (Wildman–Crippen MR) is 139 cm³/mol. The molecule has 0 bridgehead atoms. The van der Waals surface area contributed by atoms with Crippen molar-refractivity contribution in [1.29, 1.82) is 0 Å². The van der Waals surface area contributed by atoms with Gasteiger partial charge in [-0.1, -0.05) is 30.3 Å². The number of alkyl halides is 2. The van der Waals surface area contributed by atoms with Gasteiger partial charge in [-0.3, -0.25) is 25.0 Å². The number of benzene rings is 2. The fourth-order valence-electron chi connectivity index (χ4n) is 3.41. The summed E-state index contributed by atoms with van der Waals surface area (Å²) < 4.78 is 5.45. The minimum atomic E-state index is -1.76. The van der Waals surface area contributed by atoms with Crippen molar-refractivity contribution in [1.82, 2.24) is 5.32 Å². The monoisotopic (exact) mass is 554 g/mol. The largest absolute Gasteiger partial charge is 0.481 e. The van der Waals surface area contributed by atoms with Crippen molar-refractivity contribution in [3.05, 3.63) is 60.2 Å². The number of nitrogens with one attached hydrogen (secondary N) is 2. The number of ether oxygens (including phenoxy) is 1. The van der Waals surface area contributed by atoms with E-state index in [2.05, 4.69) is 10.6 Å². The molecule has 0 radical (unpaired) electrons. The normalized spacial score (nSPS) is 13.1. The molecule has 0 spiro atoms. The molecular weight excluding hydrogens is 527 g/mol. The second-order valence-electron chi connectivity index (χ2n) is 7.82. The van der Waals surface area contributed by atoms with Crippen LogP contribution in [0.1, 0.15) is 18.2 Å². The van der Waals surface area contributed by atoms with Crippen LogP contribution in [0.5, 0.6) is 0 Å². The number of aliphatic carboxylic acids is 2. The number of carbonyl (C=O) groups is 4. The van der Waals surface area contributed by atoms with Crippen molar-refractivity contribution in [2.45, 2.75) is 18.7 Å². The molecule has 0 fully saturated rings. The van der Waals surface area contributed by atoms with Crippen LogP contribution in [-0.2, 0) is 19.1 Å². The highest BCUT2D eigenvalue weighted by Crippen LogP contribution is 2.21. The van der Waals surface area contributed by atoms with E-state index in [-0.39, 0.29) is 0 Å². The lowest BCUT2D eigenvalue weighted by Gasteiger charge is -2.25. The van der Waals surface area contributed by atoms with Crippen molar-refractivity contribution in [2.24, 2.45) is 11.7 Å². The van der Waals surface area contributed by atoms with Gasteiger partial charge in [0, 0.05) is 41.8 Å². The third-order valence-electron chi connectivity index (χ3n) is 5.28. The zero-order chi connectivity index (χ0) is 27.4. The van der Waals surface area contributed by atoms with Gasteiger partial charge in [0.25, 0.3) is 0 Å². The standard InChI is InChI=1S/C24H28Cl2N4O7/c25-10-12-30(13-11-26)17-8-6-16(7-9-17)28-24(36)37-21(15-4-2-1-3-5-15)29-19(23(34)35)14-18(20(27)31)22(32)33/h1-9,18-19,21,29H,10-14H2,(H2,27,31)(H,28,36)(H,32,33)(H,34,35)/t18?,19-,21?/m0/s1. The Morgan fingerprint density at radius 3 is 2.00 bits per heavy atom. The number of carbonyl (C=O) groups excluding carboxylic acids is 2. The van der Waals surface area contributed by atoms with Gasteiger partial charge in [0.05, 0.1) is 0 Å². The van der Waals surface area contributed by atoms with E-state index in [1.807, 2.05) is 4.90 Å². The summed E-state index contributed by atoms with van der Waals surface area (Å²) >= 11 is 11.7. The van der Waals surface area contributed by atoms with E-state index < -0.39 is 48.5 Å². The van der Waals surface area contributed by atoms with Crippen molar-refractivity contribution in [2.75, 3.05) is 35.1 Å². The van der Waals surface area contributed by atoms with Crippen LogP contribution in [0.15, 0.2) is 54.6 Å². The van der Waals surface area contributed by atoms with Crippen molar-refractivity contribution < 1.29 is 34.1 Å². The van der Waals surface area contributed by atoms with E-state index in [0.29, 0.717) is 36.1 Å². The second-order valence-corrected chi connectivity index (χ2v) is 8.58. The summed E-state index contributed by atoms with van der Waals surface area (Å²) in [4.78, 5) is 49.3. The van der Waals surface area contributed by atoms with Gasteiger partial charge in [-0.2, -0.15) is 0 Å². The van der Waals surface area contributed by atoms with Crippen LogP contribution in [0.4, 0.5) is 16.2 Å². The Morgan fingerprint density at radius 2 is 1.51 bits per heavy atom. The number of primary amides is 1. The molecule has 2 aromatic rings. The van der Waals surface area contributed by atoms with E-state index >= 15 is 0 Å². The van der Waals surface area contributed by atoms with E-state index in [4.69, 9.17) is 33.7 Å². The molecule has 13 heteroatoms. The zero-order valence-corrected chi connectivity index (χ0v) is 21.2. The molecule has 2 amide bonds. The van der Waals surface area contributed by atoms with Gasteiger partial charge < -0.3 is 25.6 Å². The smallest absolute Gasteiger partial charge is 0.413 e. The highest BCUT2D eigenvalue weighted by atomic mass is 35.5. The Hall–Kier alpha value is -3.54. The first-order valence-corrected chi connectivity index (χ1v) is 12.2. The van der Waals surface area contributed by atoms with Crippen LogP contribution in [-0.4, -0.2) is 65.0 Å². The van der Waals surface area contributed by atoms with Crippen molar-refractivity contribution in [3.8, 4) is 0 Å². The Kier molecular flexibility index (Phi) is 11.9. The first-order valence-electron chi connectivity index (χ1n) is 11.2. The molecular formula is C24H28Cl2N4O7. The highest BCUT2D eigenvalue weighted by Gasteiger charge is 2.33. The molecule has 0 heterocycles. The molecule has 2 aromatic carbocycles. The number of nitrogens with two attached hydrogens (primary N) is 1. The lowest BCUT2D eigenvalue weighted by Crippen LogP contribution is -2.45. The maximum absolute atomic E-state index is 12.7. The molecule has 0 aliphatic carbocycles. The number of rotatable bonds is 15. The molecule has 200 valence electrons. The Morgan fingerprint density at radius 1 is 0.919 bits per heavy atom. The number of amides is 2. The minimum absolute atomic E-state index is 0.392. The van der Waals surface area contributed by atoms with Crippen molar-refractivity contribution in [3.63, 3.8) is 0 Å². The summed E-state index contributed by atoms with van der Waals surface area (Å²) in [5.41, 5.74) is 6.76. The number of hydrogen-bond donors (Lipinski definition) is 5. The van der Waals surface area contributed by atoms with Gasteiger partial charge in [-0.15, -0.1) is 23.2 Å². The van der Waals surface area contributed by atoms with E-state index in [9.17, 15) is 29.4 Å². The molecule has 37 heavy (non-hydrogen) atoms. The zero-order valence-electron chi connectivity index (χ0n) is 19.7. The number of nitrogens with zero attached hydrogens (tertiary/aromatic N) is 1. The van der Waals surface area contributed by atoms with Gasteiger partial charge in [0.2, 0.25) is 5.91 Å². The quantitative estimate of drug-likeness (QED) is 0.126. The molecule has 0 saturated carbocycles. The summed E-state index contributed by atoms with van der Waals surface area (Å²) in [6, 6.07) is 13.5. The van der Waals surface area contributed by atoms with Crippen LogP contribution >= 0.6 is 23.2 Å². The topological polar surface area (TPSA) is 171 Å². The van der Waals surface area contributed by atoms with Crippen LogP contribution in [0, 0.1) is 5.92 Å². The molecule has 0 aliphatic rings. The average Bonchev–Trinajstić information content (AvgIpc) is 2.86. The number of carboxylic acids is 2. The summed E-state index contributed by atoms with van der Waals surface area (Å²) in [5.74, 6) is -5.12.